The summed E-state index contributed by atoms with van der Waals surface area (Å²) in [6.45, 7) is 0.449. The van der Waals surface area contributed by atoms with Crippen LogP contribution in [-0.2, 0) is 29.0 Å². The second kappa shape index (κ2) is 10.8. The first-order valence-electron chi connectivity index (χ1n) is 11.4. The molecule has 3 aromatic rings. The molecule has 34 heavy (non-hydrogen) atoms. The van der Waals surface area contributed by atoms with E-state index in [2.05, 4.69) is 5.32 Å². The molecule has 0 fully saturated rings. The van der Waals surface area contributed by atoms with Crippen LogP contribution in [-0.4, -0.2) is 28.8 Å². The molecule has 2 atom stereocenters. The second-order valence-corrected chi connectivity index (χ2v) is 8.55. The highest BCUT2D eigenvalue weighted by Crippen LogP contribution is 2.30. The van der Waals surface area contributed by atoms with Crippen molar-refractivity contribution < 1.29 is 24.2 Å². The van der Waals surface area contributed by atoms with Crippen LogP contribution in [0.2, 0.25) is 0 Å². The van der Waals surface area contributed by atoms with E-state index in [1.54, 1.807) is 12.1 Å². The molecule has 0 bridgehead atoms. The Morgan fingerprint density at radius 3 is 2.32 bits per heavy atom. The first kappa shape index (κ1) is 23.2. The van der Waals surface area contributed by atoms with Gasteiger partial charge < -0.3 is 15.2 Å². The van der Waals surface area contributed by atoms with Crippen molar-refractivity contribution in [2.75, 3.05) is 0 Å². The number of Topliss-reactive ketones (excluding diaryl/α,β-unsaturated/α-hetero) is 1. The van der Waals surface area contributed by atoms with Crippen LogP contribution in [0, 0.1) is 5.92 Å². The Bertz CT molecular complexity index is 1160. The molecule has 0 saturated carbocycles. The van der Waals surface area contributed by atoms with Crippen LogP contribution in [0.5, 0.6) is 5.75 Å². The Balaban J connectivity index is 1.35. The predicted octanol–water partition coefficient (Wildman–Crippen LogP) is 4.21. The van der Waals surface area contributed by atoms with Gasteiger partial charge in [-0.2, -0.15) is 0 Å². The van der Waals surface area contributed by atoms with Crippen LogP contribution in [0.25, 0.3) is 0 Å². The second-order valence-electron chi connectivity index (χ2n) is 8.55. The van der Waals surface area contributed by atoms with Crippen LogP contribution in [0.3, 0.4) is 0 Å². The summed E-state index contributed by atoms with van der Waals surface area (Å²) < 4.78 is 5.87. The summed E-state index contributed by atoms with van der Waals surface area (Å²) in [5.41, 5.74) is 3.41. The lowest BCUT2D eigenvalue weighted by atomic mass is 9.81. The Morgan fingerprint density at radius 2 is 1.65 bits per heavy atom. The van der Waals surface area contributed by atoms with E-state index in [4.69, 9.17) is 4.74 Å². The summed E-state index contributed by atoms with van der Waals surface area (Å²) in [5.74, 6) is -1.36. The summed E-state index contributed by atoms with van der Waals surface area (Å²) in [5, 5.41) is 12.1. The standard InChI is InChI=1S/C28H27NO5/c30-26(29-25(28(32)33)15-19-7-3-1-4-8-19)17-22-12-11-21-16-23(13-14-24(21)27(22)31)34-18-20-9-5-2-6-10-20/h1-10,13-14,16,22,25H,11-12,15,17-18H2,(H,29,30)(H,32,33)/t22?,25-/m0/s1. The van der Waals surface area contributed by atoms with Crippen molar-refractivity contribution >= 4 is 17.7 Å². The molecule has 3 aromatic carbocycles. The lowest BCUT2D eigenvalue weighted by molar-refractivity contribution is -0.141. The fraction of sp³-hybridized carbons (Fsp3) is 0.250. The van der Waals surface area contributed by atoms with Gasteiger partial charge in [-0.3, -0.25) is 9.59 Å². The fourth-order valence-electron chi connectivity index (χ4n) is 4.25. The van der Waals surface area contributed by atoms with E-state index in [0.717, 1.165) is 16.7 Å². The van der Waals surface area contributed by atoms with Gasteiger partial charge in [-0.25, -0.2) is 4.79 Å². The van der Waals surface area contributed by atoms with Gasteiger partial charge in [0.15, 0.2) is 5.78 Å². The van der Waals surface area contributed by atoms with Gasteiger partial charge in [0.1, 0.15) is 18.4 Å². The van der Waals surface area contributed by atoms with Crippen molar-refractivity contribution in [1.29, 1.82) is 0 Å². The zero-order valence-corrected chi connectivity index (χ0v) is 18.8. The summed E-state index contributed by atoms with van der Waals surface area (Å²) in [6, 6.07) is 23.4. The van der Waals surface area contributed by atoms with E-state index in [1.807, 2.05) is 66.7 Å². The van der Waals surface area contributed by atoms with Crippen molar-refractivity contribution in [2.24, 2.45) is 5.92 Å². The zero-order valence-electron chi connectivity index (χ0n) is 18.8. The number of carboxylic acid groups (broad SMARTS) is 1. The summed E-state index contributed by atoms with van der Waals surface area (Å²) >= 11 is 0. The molecular formula is C28H27NO5. The van der Waals surface area contributed by atoms with E-state index in [0.29, 0.717) is 30.8 Å². The van der Waals surface area contributed by atoms with Crippen molar-refractivity contribution in [2.45, 2.75) is 38.3 Å². The number of aryl methyl sites for hydroxylation is 1. The number of fused-ring (bicyclic) bond motifs is 1. The molecule has 4 rings (SSSR count). The molecule has 1 amide bonds. The van der Waals surface area contributed by atoms with E-state index in [1.165, 1.54) is 0 Å². The predicted molar refractivity (Wildman–Crippen MR) is 128 cm³/mol. The molecule has 6 heteroatoms. The Hall–Kier alpha value is -3.93. The maximum absolute atomic E-state index is 13.0. The number of amides is 1. The summed E-state index contributed by atoms with van der Waals surface area (Å²) in [7, 11) is 0. The van der Waals surface area contributed by atoms with Crippen LogP contribution in [0.4, 0.5) is 0 Å². The Kier molecular flexibility index (Phi) is 7.38. The molecule has 0 heterocycles. The monoisotopic (exact) mass is 457 g/mol. The SMILES string of the molecule is O=C(CC1CCc2cc(OCc3ccccc3)ccc2C1=O)N[C@@H](Cc1ccccc1)C(=O)O. The van der Waals surface area contributed by atoms with Crippen LogP contribution >= 0.6 is 0 Å². The third kappa shape index (κ3) is 5.90. The Morgan fingerprint density at radius 1 is 0.971 bits per heavy atom. The molecule has 0 aromatic heterocycles. The maximum atomic E-state index is 13.0. The highest BCUT2D eigenvalue weighted by molar-refractivity contribution is 6.02. The summed E-state index contributed by atoms with van der Waals surface area (Å²) in [4.78, 5) is 37.3. The minimum atomic E-state index is -1.10. The van der Waals surface area contributed by atoms with Crippen LogP contribution < -0.4 is 10.1 Å². The molecular weight excluding hydrogens is 430 g/mol. The minimum Gasteiger partial charge on any atom is -0.489 e. The lowest BCUT2D eigenvalue weighted by Crippen LogP contribution is -2.43. The quantitative estimate of drug-likeness (QED) is 0.502. The highest BCUT2D eigenvalue weighted by Gasteiger charge is 2.30. The van der Waals surface area contributed by atoms with Crippen LogP contribution in [0.1, 0.15) is 39.9 Å². The Labute approximate surface area is 198 Å². The van der Waals surface area contributed by atoms with E-state index in [-0.39, 0.29) is 18.6 Å². The van der Waals surface area contributed by atoms with Gasteiger partial charge in [-0.1, -0.05) is 60.7 Å². The smallest absolute Gasteiger partial charge is 0.326 e. The number of benzene rings is 3. The first-order valence-corrected chi connectivity index (χ1v) is 11.4. The number of aliphatic carboxylic acids is 1. The minimum absolute atomic E-state index is 0.0247. The van der Waals surface area contributed by atoms with Crippen molar-refractivity contribution in [3.8, 4) is 5.75 Å². The molecule has 0 saturated heterocycles. The molecule has 1 aliphatic rings. The molecule has 0 radical (unpaired) electrons. The van der Waals surface area contributed by atoms with Crippen molar-refractivity contribution in [3.05, 3.63) is 101 Å². The maximum Gasteiger partial charge on any atom is 0.326 e. The fourth-order valence-corrected chi connectivity index (χ4v) is 4.25. The molecule has 0 aliphatic heterocycles. The van der Waals surface area contributed by atoms with Crippen molar-refractivity contribution in [1.82, 2.24) is 5.32 Å². The number of carboxylic acids is 1. The van der Waals surface area contributed by atoms with Gasteiger partial charge in [0.2, 0.25) is 5.91 Å². The number of nitrogens with one attached hydrogen (secondary N) is 1. The molecule has 1 unspecified atom stereocenters. The molecule has 0 spiro atoms. The van der Waals surface area contributed by atoms with E-state index < -0.39 is 23.8 Å². The molecule has 174 valence electrons. The van der Waals surface area contributed by atoms with E-state index >= 15 is 0 Å². The largest absolute Gasteiger partial charge is 0.489 e. The van der Waals surface area contributed by atoms with Crippen LogP contribution in [0.15, 0.2) is 78.9 Å². The van der Waals surface area contributed by atoms with Crippen molar-refractivity contribution in [3.63, 3.8) is 0 Å². The number of ether oxygens (including phenoxy) is 1. The lowest BCUT2D eigenvalue weighted by Gasteiger charge is -2.24. The number of carbonyl (C=O) groups is 3. The van der Waals surface area contributed by atoms with Gasteiger partial charge in [-0.05, 0) is 47.7 Å². The third-order valence-corrected chi connectivity index (χ3v) is 6.07. The molecule has 6 nitrogen and oxygen atoms in total. The first-order chi connectivity index (χ1) is 16.5. The number of rotatable bonds is 9. The number of hydrogen-bond acceptors (Lipinski definition) is 4. The highest BCUT2D eigenvalue weighted by atomic mass is 16.5. The molecule has 1 aliphatic carbocycles. The molecule has 2 N–H and O–H groups in total. The van der Waals surface area contributed by atoms with E-state index in [9.17, 15) is 19.5 Å². The number of ketones is 1. The van der Waals surface area contributed by atoms with Gasteiger partial charge in [0, 0.05) is 24.3 Å². The normalized spacial score (nSPS) is 15.8. The van der Waals surface area contributed by atoms with Gasteiger partial charge in [-0.15, -0.1) is 0 Å². The zero-order chi connectivity index (χ0) is 23.9. The number of carbonyl (C=O) groups excluding carboxylic acids is 2. The number of hydrogen-bond donors (Lipinski definition) is 2. The average molecular weight is 458 g/mol. The third-order valence-electron chi connectivity index (χ3n) is 6.07. The van der Waals surface area contributed by atoms with Gasteiger partial charge >= 0.3 is 5.97 Å². The topological polar surface area (TPSA) is 92.7 Å². The average Bonchev–Trinajstić information content (AvgIpc) is 2.85. The summed E-state index contributed by atoms with van der Waals surface area (Å²) in [6.07, 6.45) is 1.37. The van der Waals surface area contributed by atoms with Gasteiger partial charge in [0.25, 0.3) is 0 Å². The van der Waals surface area contributed by atoms with Gasteiger partial charge in [0.05, 0.1) is 0 Å².